The Morgan fingerprint density at radius 2 is 2.00 bits per heavy atom. The molecule has 0 amide bonds. The van der Waals surface area contributed by atoms with Crippen molar-refractivity contribution in [1.29, 1.82) is 0 Å². The fourth-order valence-electron chi connectivity index (χ4n) is 1.96. The third-order valence-electron chi connectivity index (χ3n) is 2.95. The standard InChI is InChI=1S/C15H16ClNO2S/c1-8-7-9(16)5-6-10(8)13-17-12(15(2,3)4)11(20-13)14(18)19/h5-7H,1-4H3,(H,18,19). The lowest BCUT2D eigenvalue weighted by atomic mass is 9.91. The molecule has 0 spiro atoms. The summed E-state index contributed by atoms with van der Waals surface area (Å²) in [4.78, 5) is 16.3. The third-order valence-corrected chi connectivity index (χ3v) is 4.26. The molecule has 1 heterocycles. The van der Waals surface area contributed by atoms with E-state index in [9.17, 15) is 9.90 Å². The van der Waals surface area contributed by atoms with Crippen LogP contribution in [0, 0.1) is 6.92 Å². The van der Waals surface area contributed by atoms with Gasteiger partial charge in [0.25, 0.3) is 0 Å². The van der Waals surface area contributed by atoms with Crippen LogP contribution in [0.1, 0.15) is 41.7 Å². The minimum Gasteiger partial charge on any atom is -0.477 e. The van der Waals surface area contributed by atoms with Gasteiger partial charge in [-0.25, -0.2) is 9.78 Å². The lowest BCUT2D eigenvalue weighted by molar-refractivity contribution is 0.0699. The Balaban J connectivity index is 2.62. The highest BCUT2D eigenvalue weighted by Gasteiger charge is 2.27. The zero-order valence-corrected chi connectivity index (χ0v) is 13.4. The van der Waals surface area contributed by atoms with Gasteiger partial charge < -0.3 is 5.11 Å². The fourth-order valence-corrected chi connectivity index (χ4v) is 3.39. The molecule has 5 heteroatoms. The van der Waals surface area contributed by atoms with Gasteiger partial charge in [0.15, 0.2) is 0 Å². The van der Waals surface area contributed by atoms with Gasteiger partial charge in [-0.05, 0) is 24.6 Å². The van der Waals surface area contributed by atoms with Crippen molar-refractivity contribution in [3.63, 3.8) is 0 Å². The molecule has 0 bridgehead atoms. The number of carboxylic acids is 1. The van der Waals surface area contributed by atoms with Crippen molar-refractivity contribution < 1.29 is 9.90 Å². The van der Waals surface area contributed by atoms with Crippen LogP contribution in [-0.2, 0) is 5.41 Å². The van der Waals surface area contributed by atoms with Crippen molar-refractivity contribution in [1.82, 2.24) is 4.98 Å². The smallest absolute Gasteiger partial charge is 0.347 e. The van der Waals surface area contributed by atoms with E-state index in [0.717, 1.165) is 16.1 Å². The fraction of sp³-hybridized carbons (Fsp3) is 0.333. The minimum absolute atomic E-state index is 0.303. The number of rotatable bonds is 2. The van der Waals surface area contributed by atoms with Crippen molar-refractivity contribution in [2.24, 2.45) is 0 Å². The second-order valence-electron chi connectivity index (χ2n) is 5.71. The van der Waals surface area contributed by atoms with Crippen molar-refractivity contribution >= 4 is 28.9 Å². The largest absolute Gasteiger partial charge is 0.477 e. The SMILES string of the molecule is Cc1cc(Cl)ccc1-c1nc(C(C)(C)C)c(C(=O)O)s1. The number of aromatic nitrogens is 1. The van der Waals surface area contributed by atoms with Gasteiger partial charge in [-0.2, -0.15) is 0 Å². The molecule has 0 radical (unpaired) electrons. The first kappa shape index (κ1) is 15.0. The van der Waals surface area contributed by atoms with E-state index in [2.05, 4.69) is 4.98 Å². The minimum atomic E-state index is -0.926. The van der Waals surface area contributed by atoms with E-state index in [1.54, 1.807) is 6.07 Å². The number of aryl methyl sites for hydroxylation is 1. The molecule has 1 N–H and O–H groups in total. The summed E-state index contributed by atoms with van der Waals surface area (Å²) in [6.07, 6.45) is 0. The van der Waals surface area contributed by atoms with Crippen LogP contribution in [0.15, 0.2) is 18.2 Å². The van der Waals surface area contributed by atoms with Crippen LogP contribution >= 0.6 is 22.9 Å². The molecule has 2 rings (SSSR count). The summed E-state index contributed by atoms with van der Waals surface area (Å²) in [5.41, 5.74) is 2.24. The Kier molecular flexibility index (Phi) is 3.89. The van der Waals surface area contributed by atoms with E-state index in [0.29, 0.717) is 15.6 Å². The summed E-state index contributed by atoms with van der Waals surface area (Å²) in [7, 11) is 0. The third kappa shape index (κ3) is 2.86. The van der Waals surface area contributed by atoms with Crippen LogP contribution in [0.2, 0.25) is 5.02 Å². The molecule has 1 aromatic carbocycles. The molecule has 0 unspecified atom stereocenters. The summed E-state index contributed by atoms with van der Waals surface area (Å²) in [5.74, 6) is -0.926. The summed E-state index contributed by atoms with van der Waals surface area (Å²) in [6, 6.07) is 5.53. The molecule has 2 aromatic rings. The second kappa shape index (κ2) is 5.19. The lowest BCUT2D eigenvalue weighted by Gasteiger charge is -2.16. The van der Waals surface area contributed by atoms with Gasteiger partial charge in [-0.1, -0.05) is 38.4 Å². The van der Waals surface area contributed by atoms with Gasteiger partial charge >= 0.3 is 5.97 Å². The molecule has 1 aromatic heterocycles. The van der Waals surface area contributed by atoms with E-state index in [-0.39, 0.29) is 5.41 Å². The summed E-state index contributed by atoms with van der Waals surface area (Å²) < 4.78 is 0. The molecule has 0 saturated heterocycles. The second-order valence-corrected chi connectivity index (χ2v) is 7.15. The Morgan fingerprint density at radius 1 is 1.35 bits per heavy atom. The van der Waals surface area contributed by atoms with Crippen LogP contribution in [0.5, 0.6) is 0 Å². The predicted molar refractivity (Wildman–Crippen MR) is 83.0 cm³/mol. The van der Waals surface area contributed by atoms with Crippen LogP contribution in [-0.4, -0.2) is 16.1 Å². The Hall–Kier alpha value is -1.39. The first-order chi connectivity index (χ1) is 9.20. The van der Waals surface area contributed by atoms with Gasteiger partial charge in [-0.3, -0.25) is 0 Å². The molecule has 0 atom stereocenters. The average molecular weight is 310 g/mol. The molecule has 0 aliphatic heterocycles. The highest BCUT2D eigenvalue weighted by molar-refractivity contribution is 7.17. The Bertz CT molecular complexity index is 671. The van der Waals surface area contributed by atoms with Gasteiger partial charge in [0.05, 0.1) is 5.69 Å². The summed E-state index contributed by atoms with van der Waals surface area (Å²) >= 11 is 7.17. The molecular formula is C15H16ClNO2S. The average Bonchev–Trinajstić information content (AvgIpc) is 2.73. The van der Waals surface area contributed by atoms with Gasteiger partial charge in [-0.15, -0.1) is 11.3 Å². The van der Waals surface area contributed by atoms with E-state index < -0.39 is 5.97 Å². The quantitative estimate of drug-likeness (QED) is 0.869. The number of nitrogens with zero attached hydrogens (tertiary/aromatic N) is 1. The molecule has 20 heavy (non-hydrogen) atoms. The maximum absolute atomic E-state index is 11.4. The van der Waals surface area contributed by atoms with E-state index in [1.807, 2.05) is 39.8 Å². The molecule has 0 fully saturated rings. The van der Waals surface area contributed by atoms with Crippen molar-refractivity contribution in [3.05, 3.63) is 39.4 Å². The zero-order valence-electron chi connectivity index (χ0n) is 11.8. The van der Waals surface area contributed by atoms with Crippen molar-refractivity contribution in [2.45, 2.75) is 33.1 Å². The number of carbonyl (C=O) groups is 1. The zero-order chi connectivity index (χ0) is 15.1. The van der Waals surface area contributed by atoms with E-state index in [1.165, 1.54) is 11.3 Å². The van der Waals surface area contributed by atoms with Crippen molar-refractivity contribution in [3.8, 4) is 10.6 Å². The van der Waals surface area contributed by atoms with Gasteiger partial charge in [0.2, 0.25) is 0 Å². The van der Waals surface area contributed by atoms with Crippen LogP contribution < -0.4 is 0 Å². The maximum atomic E-state index is 11.4. The van der Waals surface area contributed by atoms with Crippen LogP contribution in [0.4, 0.5) is 0 Å². The highest BCUT2D eigenvalue weighted by atomic mass is 35.5. The first-order valence-electron chi connectivity index (χ1n) is 6.21. The summed E-state index contributed by atoms with van der Waals surface area (Å²) in [5, 5.41) is 10.7. The molecule has 0 aliphatic carbocycles. The normalized spacial score (nSPS) is 11.7. The maximum Gasteiger partial charge on any atom is 0.347 e. The number of hydrogen-bond donors (Lipinski definition) is 1. The highest BCUT2D eigenvalue weighted by Crippen LogP contribution is 2.36. The molecular weight excluding hydrogens is 294 g/mol. The molecule has 106 valence electrons. The van der Waals surface area contributed by atoms with Crippen LogP contribution in [0.25, 0.3) is 10.6 Å². The number of hydrogen-bond acceptors (Lipinski definition) is 3. The summed E-state index contributed by atoms with van der Waals surface area (Å²) in [6.45, 7) is 7.84. The molecule has 3 nitrogen and oxygen atoms in total. The number of benzene rings is 1. The van der Waals surface area contributed by atoms with Gasteiger partial charge in [0, 0.05) is 16.0 Å². The molecule has 0 saturated carbocycles. The van der Waals surface area contributed by atoms with E-state index in [4.69, 9.17) is 11.6 Å². The Morgan fingerprint density at radius 3 is 2.45 bits per heavy atom. The Labute approximate surface area is 127 Å². The predicted octanol–water partition coefficient (Wildman–Crippen LogP) is 4.77. The number of carboxylic acid groups (broad SMARTS) is 1. The topological polar surface area (TPSA) is 50.2 Å². The molecule has 0 aliphatic rings. The monoisotopic (exact) mass is 309 g/mol. The van der Waals surface area contributed by atoms with Gasteiger partial charge in [0.1, 0.15) is 9.88 Å². The lowest BCUT2D eigenvalue weighted by Crippen LogP contribution is -2.16. The van der Waals surface area contributed by atoms with Crippen molar-refractivity contribution in [2.75, 3.05) is 0 Å². The van der Waals surface area contributed by atoms with Crippen LogP contribution in [0.3, 0.4) is 0 Å². The number of halogens is 1. The first-order valence-corrected chi connectivity index (χ1v) is 7.40. The van der Waals surface area contributed by atoms with E-state index >= 15 is 0 Å². The number of aromatic carboxylic acids is 1. The number of thiazole rings is 1.